The summed E-state index contributed by atoms with van der Waals surface area (Å²) in [5, 5.41) is 10.3. The normalized spacial score (nSPS) is 11.1. The van der Waals surface area contributed by atoms with Gasteiger partial charge in [-0.15, -0.1) is 5.10 Å². The molecular formula is C21H15N5O3. The van der Waals surface area contributed by atoms with Crippen LogP contribution in [0, 0.1) is 0 Å². The Labute approximate surface area is 164 Å². The lowest BCUT2D eigenvalue weighted by Crippen LogP contribution is -2.12. The van der Waals surface area contributed by atoms with E-state index in [1.165, 1.54) is 6.26 Å². The van der Waals surface area contributed by atoms with Crippen LogP contribution >= 0.6 is 0 Å². The predicted molar refractivity (Wildman–Crippen MR) is 106 cm³/mol. The summed E-state index contributed by atoms with van der Waals surface area (Å²) in [6.45, 7) is 0. The van der Waals surface area contributed by atoms with E-state index in [1.54, 1.807) is 24.5 Å². The van der Waals surface area contributed by atoms with Crippen molar-refractivity contribution in [2.24, 2.45) is 7.05 Å². The second kappa shape index (κ2) is 6.75. The highest BCUT2D eigenvalue weighted by atomic mass is 16.4. The molecule has 0 radical (unpaired) electrons. The van der Waals surface area contributed by atoms with Crippen molar-refractivity contribution >= 4 is 23.0 Å². The Hall–Kier alpha value is -4.20. The molecular weight excluding hydrogens is 370 g/mol. The summed E-state index contributed by atoms with van der Waals surface area (Å²) < 4.78 is 12.6. The maximum absolute atomic E-state index is 12.6. The van der Waals surface area contributed by atoms with Crippen LogP contribution in [0.5, 0.6) is 0 Å². The summed E-state index contributed by atoms with van der Waals surface area (Å²) in [6, 6.07) is 16.7. The lowest BCUT2D eigenvalue weighted by molar-refractivity contribution is 0.102. The topological polar surface area (TPSA) is 99.0 Å². The smallest absolute Gasteiger partial charge is 0.322 e. The Morgan fingerprint density at radius 3 is 2.79 bits per heavy atom. The molecule has 29 heavy (non-hydrogen) atoms. The molecule has 2 aromatic carbocycles. The van der Waals surface area contributed by atoms with Crippen LogP contribution < -0.4 is 5.32 Å². The van der Waals surface area contributed by atoms with Crippen LogP contribution in [0.15, 0.2) is 76.0 Å². The van der Waals surface area contributed by atoms with E-state index in [0.29, 0.717) is 11.3 Å². The van der Waals surface area contributed by atoms with E-state index in [-0.39, 0.29) is 17.8 Å². The Morgan fingerprint density at radius 2 is 1.93 bits per heavy atom. The van der Waals surface area contributed by atoms with E-state index in [2.05, 4.69) is 20.5 Å². The zero-order chi connectivity index (χ0) is 19.8. The number of benzene rings is 2. The first-order valence-electron chi connectivity index (χ1n) is 8.87. The van der Waals surface area contributed by atoms with Gasteiger partial charge in [0.25, 0.3) is 11.8 Å². The van der Waals surface area contributed by atoms with Crippen molar-refractivity contribution in [3.63, 3.8) is 0 Å². The third-order valence-corrected chi connectivity index (χ3v) is 4.56. The highest BCUT2D eigenvalue weighted by molar-refractivity contribution is 6.04. The number of hydrogen-bond acceptors (Lipinski definition) is 6. The molecule has 0 saturated carbocycles. The number of rotatable bonds is 4. The zero-order valence-electron chi connectivity index (χ0n) is 15.4. The van der Waals surface area contributed by atoms with Crippen LogP contribution in [0.3, 0.4) is 0 Å². The average Bonchev–Trinajstić information content (AvgIpc) is 3.49. The fourth-order valence-electron chi connectivity index (χ4n) is 3.09. The van der Waals surface area contributed by atoms with E-state index in [4.69, 9.17) is 8.83 Å². The van der Waals surface area contributed by atoms with Crippen molar-refractivity contribution in [3.8, 4) is 22.8 Å². The van der Waals surface area contributed by atoms with E-state index >= 15 is 0 Å². The third kappa shape index (κ3) is 3.16. The predicted octanol–water partition coefficient (Wildman–Crippen LogP) is 4.14. The largest absolute Gasteiger partial charge is 0.459 e. The summed E-state index contributed by atoms with van der Waals surface area (Å²) in [5.41, 5.74) is 4.34. The molecule has 3 aromatic heterocycles. The number of furan rings is 1. The number of nitrogens with zero attached hydrogens (tertiary/aromatic N) is 4. The quantitative estimate of drug-likeness (QED) is 0.499. The van der Waals surface area contributed by atoms with Crippen molar-refractivity contribution in [1.82, 2.24) is 19.7 Å². The van der Waals surface area contributed by atoms with Gasteiger partial charge in [-0.3, -0.25) is 10.1 Å². The molecule has 0 aliphatic heterocycles. The van der Waals surface area contributed by atoms with Crippen LogP contribution in [-0.2, 0) is 7.05 Å². The molecule has 1 N–H and O–H groups in total. The maximum Gasteiger partial charge on any atom is 0.322 e. The van der Waals surface area contributed by atoms with E-state index in [0.717, 1.165) is 22.2 Å². The number of amides is 1. The molecule has 0 aliphatic rings. The minimum Gasteiger partial charge on any atom is -0.459 e. The minimum absolute atomic E-state index is 0.00288. The molecule has 0 aliphatic carbocycles. The molecule has 0 spiro atoms. The highest BCUT2D eigenvalue weighted by Crippen LogP contribution is 2.25. The van der Waals surface area contributed by atoms with Gasteiger partial charge in [0, 0.05) is 12.6 Å². The van der Waals surface area contributed by atoms with Gasteiger partial charge in [-0.25, -0.2) is 4.98 Å². The summed E-state index contributed by atoms with van der Waals surface area (Å²) in [6.07, 6.45) is 3.28. The molecule has 0 bridgehead atoms. The number of anilines is 1. The number of fused-ring (bicyclic) bond motifs is 1. The molecule has 0 fully saturated rings. The van der Waals surface area contributed by atoms with E-state index < -0.39 is 0 Å². The number of imidazole rings is 1. The monoisotopic (exact) mass is 385 g/mol. The Bertz CT molecular complexity index is 1320. The van der Waals surface area contributed by atoms with Gasteiger partial charge in [0.2, 0.25) is 0 Å². The van der Waals surface area contributed by atoms with Crippen LogP contribution in [0.4, 0.5) is 6.01 Å². The standard InChI is InChI=1S/C21H15N5O3/c1-26-12-22-16-8-7-14(11-17(16)26)13-4-2-5-15(10-13)19(27)23-21-25-24-20(29-21)18-6-3-9-28-18/h2-12H,1H3,(H,23,25,27). The lowest BCUT2D eigenvalue weighted by atomic mass is 10.0. The number of aryl methyl sites for hydroxylation is 1. The number of carbonyl (C=O) groups excluding carboxylic acids is 1. The molecule has 1 amide bonds. The van der Waals surface area contributed by atoms with Gasteiger partial charge in [-0.1, -0.05) is 23.3 Å². The summed E-state index contributed by atoms with van der Waals surface area (Å²) >= 11 is 0. The van der Waals surface area contributed by atoms with Gasteiger partial charge in [-0.05, 0) is 47.5 Å². The number of aromatic nitrogens is 4. The Balaban J connectivity index is 1.40. The maximum atomic E-state index is 12.6. The van der Waals surface area contributed by atoms with Gasteiger partial charge in [0.15, 0.2) is 5.76 Å². The fraction of sp³-hybridized carbons (Fsp3) is 0.0476. The van der Waals surface area contributed by atoms with Crippen LogP contribution in [-0.4, -0.2) is 25.7 Å². The average molecular weight is 385 g/mol. The van der Waals surface area contributed by atoms with Gasteiger partial charge >= 0.3 is 6.01 Å². The van der Waals surface area contributed by atoms with Crippen molar-refractivity contribution in [2.75, 3.05) is 5.32 Å². The van der Waals surface area contributed by atoms with E-state index in [1.807, 2.05) is 48.0 Å². The first-order valence-corrected chi connectivity index (χ1v) is 8.87. The molecule has 0 atom stereocenters. The van der Waals surface area contributed by atoms with Gasteiger partial charge < -0.3 is 13.4 Å². The molecule has 0 unspecified atom stereocenters. The van der Waals surface area contributed by atoms with Gasteiger partial charge in [0.1, 0.15) is 0 Å². The molecule has 8 nitrogen and oxygen atoms in total. The lowest BCUT2D eigenvalue weighted by Gasteiger charge is -2.06. The van der Waals surface area contributed by atoms with E-state index in [9.17, 15) is 4.79 Å². The second-order valence-corrected chi connectivity index (χ2v) is 6.48. The fourth-order valence-corrected chi connectivity index (χ4v) is 3.09. The van der Waals surface area contributed by atoms with Crippen molar-refractivity contribution in [2.45, 2.75) is 0 Å². The number of hydrogen-bond donors (Lipinski definition) is 1. The highest BCUT2D eigenvalue weighted by Gasteiger charge is 2.15. The SMILES string of the molecule is Cn1cnc2ccc(-c3cccc(C(=O)Nc4nnc(-c5ccco5)o4)c3)cc21. The summed E-state index contributed by atoms with van der Waals surface area (Å²) in [4.78, 5) is 17.0. The van der Waals surface area contributed by atoms with Crippen LogP contribution in [0.1, 0.15) is 10.4 Å². The minimum atomic E-state index is -0.344. The van der Waals surface area contributed by atoms with Gasteiger partial charge in [0.05, 0.1) is 23.6 Å². The molecule has 0 saturated heterocycles. The van der Waals surface area contributed by atoms with Crippen LogP contribution in [0.2, 0.25) is 0 Å². The summed E-state index contributed by atoms with van der Waals surface area (Å²) in [5.74, 6) is 0.289. The van der Waals surface area contributed by atoms with Crippen molar-refractivity contribution in [1.29, 1.82) is 0 Å². The molecule has 3 heterocycles. The molecule has 142 valence electrons. The Morgan fingerprint density at radius 1 is 1.03 bits per heavy atom. The first-order chi connectivity index (χ1) is 14.2. The second-order valence-electron chi connectivity index (χ2n) is 6.48. The number of carbonyl (C=O) groups is 1. The Kier molecular flexibility index (Phi) is 3.94. The van der Waals surface area contributed by atoms with Gasteiger partial charge in [-0.2, -0.15) is 0 Å². The number of nitrogens with one attached hydrogen (secondary N) is 1. The van der Waals surface area contributed by atoms with Crippen molar-refractivity contribution < 1.29 is 13.6 Å². The molecule has 5 aromatic rings. The third-order valence-electron chi connectivity index (χ3n) is 4.56. The molecule has 5 rings (SSSR count). The summed E-state index contributed by atoms with van der Waals surface area (Å²) in [7, 11) is 1.95. The zero-order valence-corrected chi connectivity index (χ0v) is 15.4. The molecule has 8 heteroatoms. The van der Waals surface area contributed by atoms with Crippen molar-refractivity contribution in [3.05, 3.63) is 72.8 Å². The first kappa shape index (κ1) is 16.9. The van der Waals surface area contributed by atoms with Crippen LogP contribution in [0.25, 0.3) is 33.8 Å².